The highest BCUT2D eigenvalue weighted by Gasteiger charge is 2.15. The number of methoxy groups -OCH3 is 1. The predicted octanol–water partition coefficient (Wildman–Crippen LogP) is 3.20. The first-order valence-corrected chi connectivity index (χ1v) is 7.88. The van der Waals surface area contributed by atoms with Gasteiger partial charge < -0.3 is 10.1 Å². The Balaban J connectivity index is 1.68. The highest BCUT2D eigenvalue weighted by Crippen LogP contribution is 2.22. The number of carbonyl (C=O) groups is 1. The van der Waals surface area contributed by atoms with E-state index in [-0.39, 0.29) is 11.7 Å². The maximum absolute atomic E-state index is 13.4. The van der Waals surface area contributed by atoms with Crippen LogP contribution in [-0.4, -0.2) is 29.8 Å². The van der Waals surface area contributed by atoms with Crippen molar-refractivity contribution >= 4 is 5.91 Å². The quantitative estimate of drug-likeness (QED) is 0.725. The number of hydrogen-bond donors (Lipinski definition) is 2. The number of halogens is 1. The van der Waals surface area contributed by atoms with Gasteiger partial charge in [0.1, 0.15) is 11.6 Å². The number of nitrogens with zero attached hydrogens (tertiary/aromatic N) is 1. The molecule has 1 heterocycles. The number of rotatable bonds is 6. The molecule has 3 rings (SSSR count). The first-order chi connectivity index (χ1) is 12.2. The number of nitrogens with one attached hydrogen (secondary N) is 2. The van der Waals surface area contributed by atoms with Crippen LogP contribution in [0.2, 0.25) is 0 Å². The third kappa shape index (κ3) is 3.85. The van der Waals surface area contributed by atoms with Gasteiger partial charge in [0.15, 0.2) is 0 Å². The van der Waals surface area contributed by atoms with E-state index < -0.39 is 0 Å². The van der Waals surface area contributed by atoms with Gasteiger partial charge in [0.2, 0.25) is 0 Å². The van der Waals surface area contributed by atoms with Gasteiger partial charge in [-0.25, -0.2) is 4.39 Å². The van der Waals surface area contributed by atoms with E-state index in [1.54, 1.807) is 19.2 Å². The molecule has 0 bridgehead atoms. The smallest absolute Gasteiger partial charge is 0.255 e. The number of ether oxygens (including phenoxy) is 1. The summed E-state index contributed by atoms with van der Waals surface area (Å²) in [5.41, 5.74) is 2.47. The first-order valence-electron chi connectivity index (χ1n) is 7.88. The molecule has 1 aromatic heterocycles. The van der Waals surface area contributed by atoms with Crippen LogP contribution in [0.3, 0.4) is 0 Å². The lowest BCUT2D eigenvalue weighted by Crippen LogP contribution is -2.26. The molecule has 0 unspecified atom stereocenters. The predicted molar refractivity (Wildman–Crippen MR) is 93.0 cm³/mol. The summed E-state index contributed by atoms with van der Waals surface area (Å²) in [5.74, 6) is 0.165. The second-order valence-corrected chi connectivity index (χ2v) is 5.49. The number of aromatic nitrogens is 2. The van der Waals surface area contributed by atoms with Crippen molar-refractivity contribution in [3.8, 4) is 17.0 Å². The second-order valence-electron chi connectivity index (χ2n) is 5.49. The number of hydrogen-bond acceptors (Lipinski definition) is 3. The summed E-state index contributed by atoms with van der Waals surface area (Å²) in [6, 6.07) is 13.7. The van der Waals surface area contributed by atoms with Gasteiger partial charge in [-0.2, -0.15) is 5.10 Å². The SMILES string of the molecule is COc1ccccc1CCNC(=O)c1cn[nH]c1-c1cccc(F)c1. The molecule has 0 aliphatic heterocycles. The maximum Gasteiger partial charge on any atom is 0.255 e. The molecule has 0 aliphatic carbocycles. The molecule has 0 saturated heterocycles. The molecule has 0 atom stereocenters. The minimum atomic E-state index is -0.366. The molecule has 0 fully saturated rings. The zero-order valence-corrected chi connectivity index (χ0v) is 13.8. The van der Waals surface area contributed by atoms with Crippen LogP contribution in [0.25, 0.3) is 11.3 Å². The third-order valence-corrected chi connectivity index (χ3v) is 3.87. The molecule has 128 valence electrons. The van der Waals surface area contributed by atoms with Crippen molar-refractivity contribution in [3.05, 3.63) is 71.7 Å². The molecular weight excluding hydrogens is 321 g/mol. The van der Waals surface area contributed by atoms with Crippen LogP contribution < -0.4 is 10.1 Å². The molecule has 1 amide bonds. The van der Waals surface area contributed by atoms with Crippen molar-refractivity contribution in [2.75, 3.05) is 13.7 Å². The van der Waals surface area contributed by atoms with Gasteiger partial charge >= 0.3 is 0 Å². The molecule has 2 N–H and O–H groups in total. The van der Waals surface area contributed by atoms with Crippen LogP contribution in [-0.2, 0) is 6.42 Å². The van der Waals surface area contributed by atoms with Crippen molar-refractivity contribution in [3.63, 3.8) is 0 Å². The van der Waals surface area contributed by atoms with Crippen LogP contribution in [0, 0.1) is 5.82 Å². The van der Waals surface area contributed by atoms with Gasteiger partial charge in [0.25, 0.3) is 5.91 Å². The van der Waals surface area contributed by atoms with Crippen molar-refractivity contribution in [1.82, 2.24) is 15.5 Å². The molecule has 3 aromatic rings. The summed E-state index contributed by atoms with van der Waals surface area (Å²) in [6.07, 6.45) is 2.08. The number of benzene rings is 2. The number of para-hydroxylation sites is 1. The molecule has 5 nitrogen and oxygen atoms in total. The number of aromatic amines is 1. The normalized spacial score (nSPS) is 10.5. The van der Waals surface area contributed by atoms with Crippen LogP contribution in [0.5, 0.6) is 5.75 Å². The molecule has 0 radical (unpaired) electrons. The van der Waals surface area contributed by atoms with E-state index in [0.717, 1.165) is 11.3 Å². The van der Waals surface area contributed by atoms with E-state index >= 15 is 0 Å². The van der Waals surface area contributed by atoms with Gasteiger partial charge in [0.05, 0.1) is 24.6 Å². The van der Waals surface area contributed by atoms with Gasteiger partial charge in [-0.3, -0.25) is 9.89 Å². The molecular formula is C19H18FN3O2. The Morgan fingerprint density at radius 2 is 2.08 bits per heavy atom. The minimum Gasteiger partial charge on any atom is -0.496 e. The summed E-state index contributed by atoms with van der Waals surface area (Å²) in [4.78, 5) is 12.4. The average Bonchev–Trinajstić information content (AvgIpc) is 3.12. The van der Waals surface area contributed by atoms with Gasteiger partial charge in [-0.1, -0.05) is 30.3 Å². The Hall–Kier alpha value is -3.15. The topological polar surface area (TPSA) is 67.0 Å². The van der Waals surface area contributed by atoms with Crippen LogP contribution in [0.15, 0.2) is 54.7 Å². The highest BCUT2D eigenvalue weighted by molar-refractivity contribution is 5.99. The lowest BCUT2D eigenvalue weighted by molar-refractivity contribution is 0.0954. The molecule has 2 aromatic carbocycles. The Kier molecular flexibility index (Phi) is 5.09. The lowest BCUT2D eigenvalue weighted by Gasteiger charge is -2.09. The summed E-state index contributed by atoms with van der Waals surface area (Å²) < 4.78 is 18.7. The van der Waals surface area contributed by atoms with Crippen LogP contribution in [0.1, 0.15) is 15.9 Å². The number of H-pyrrole nitrogens is 1. The molecule has 0 saturated carbocycles. The van der Waals surface area contributed by atoms with Crippen molar-refractivity contribution in [2.24, 2.45) is 0 Å². The standard InChI is InChI=1S/C19H18FN3O2/c1-25-17-8-3-2-5-13(17)9-10-21-19(24)16-12-22-23-18(16)14-6-4-7-15(20)11-14/h2-8,11-12H,9-10H2,1H3,(H,21,24)(H,22,23). The van der Waals surface area contributed by atoms with Crippen molar-refractivity contribution < 1.29 is 13.9 Å². The fraction of sp³-hybridized carbons (Fsp3) is 0.158. The zero-order valence-electron chi connectivity index (χ0n) is 13.8. The molecule has 0 spiro atoms. The first kappa shape index (κ1) is 16.7. The van der Waals surface area contributed by atoms with Crippen molar-refractivity contribution in [1.29, 1.82) is 0 Å². The third-order valence-electron chi connectivity index (χ3n) is 3.87. The maximum atomic E-state index is 13.4. The Morgan fingerprint density at radius 1 is 1.24 bits per heavy atom. The number of amides is 1. The highest BCUT2D eigenvalue weighted by atomic mass is 19.1. The zero-order chi connectivity index (χ0) is 17.6. The van der Waals surface area contributed by atoms with E-state index in [9.17, 15) is 9.18 Å². The van der Waals surface area contributed by atoms with Crippen LogP contribution in [0.4, 0.5) is 4.39 Å². The van der Waals surface area contributed by atoms with E-state index in [1.807, 2.05) is 24.3 Å². The summed E-state index contributed by atoms with van der Waals surface area (Å²) in [5, 5.41) is 9.54. The Bertz CT molecular complexity index is 876. The molecule has 6 heteroatoms. The summed E-state index contributed by atoms with van der Waals surface area (Å²) in [6.45, 7) is 0.451. The Labute approximate surface area is 144 Å². The van der Waals surface area contributed by atoms with Gasteiger partial charge in [-0.05, 0) is 30.2 Å². The van der Waals surface area contributed by atoms with E-state index in [1.165, 1.54) is 18.3 Å². The van der Waals surface area contributed by atoms with Gasteiger partial charge in [-0.15, -0.1) is 0 Å². The average molecular weight is 339 g/mol. The van der Waals surface area contributed by atoms with E-state index in [4.69, 9.17) is 4.74 Å². The second kappa shape index (κ2) is 7.61. The largest absolute Gasteiger partial charge is 0.496 e. The van der Waals surface area contributed by atoms with Crippen LogP contribution >= 0.6 is 0 Å². The molecule has 25 heavy (non-hydrogen) atoms. The Morgan fingerprint density at radius 3 is 2.88 bits per heavy atom. The van der Waals surface area contributed by atoms with E-state index in [0.29, 0.717) is 29.8 Å². The lowest BCUT2D eigenvalue weighted by atomic mass is 10.1. The van der Waals surface area contributed by atoms with Crippen molar-refractivity contribution in [2.45, 2.75) is 6.42 Å². The van der Waals surface area contributed by atoms with Gasteiger partial charge in [0, 0.05) is 12.1 Å². The number of carbonyl (C=O) groups excluding carboxylic acids is 1. The van der Waals surface area contributed by atoms with E-state index in [2.05, 4.69) is 15.5 Å². The fourth-order valence-electron chi connectivity index (χ4n) is 2.64. The monoisotopic (exact) mass is 339 g/mol. The summed E-state index contributed by atoms with van der Waals surface area (Å²) >= 11 is 0. The fourth-order valence-corrected chi connectivity index (χ4v) is 2.64. The minimum absolute atomic E-state index is 0.261. The molecule has 0 aliphatic rings. The summed E-state index contributed by atoms with van der Waals surface area (Å²) in [7, 11) is 1.62.